The highest BCUT2D eigenvalue weighted by molar-refractivity contribution is 5.86. The first-order chi connectivity index (χ1) is 11.0. The molecule has 23 heavy (non-hydrogen) atoms. The van der Waals surface area contributed by atoms with Crippen molar-refractivity contribution in [2.24, 2.45) is 0 Å². The van der Waals surface area contributed by atoms with Crippen LogP contribution in [0.4, 0.5) is 0 Å². The summed E-state index contributed by atoms with van der Waals surface area (Å²) in [7, 11) is 1.67. The third-order valence-corrected chi connectivity index (χ3v) is 3.92. The molecule has 0 amide bonds. The largest absolute Gasteiger partial charge is 0.366 e. The zero-order valence-electron chi connectivity index (χ0n) is 14.4. The van der Waals surface area contributed by atoms with Crippen LogP contribution in [0.5, 0.6) is 0 Å². The second-order valence-electron chi connectivity index (χ2n) is 6.08. The maximum Gasteiger partial charge on any atom is 0.123 e. The molecule has 2 heteroatoms. The lowest BCUT2D eigenvalue weighted by molar-refractivity contribution is 0.0742. The predicted octanol–water partition coefficient (Wildman–Crippen LogP) is 4.48. The number of nitrogens with one attached hydrogen (secondary N) is 1. The van der Waals surface area contributed by atoms with Crippen LogP contribution >= 0.6 is 0 Å². The van der Waals surface area contributed by atoms with Gasteiger partial charge in [-0.3, -0.25) is 0 Å². The molecule has 0 aliphatic carbocycles. The second-order valence-corrected chi connectivity index (χ2v) is 6.08. The predicted molar refractivity (Wildman–Crippen MR) is 98.4 cm³/mol. The average molecular weight is 307 g/mol. The lowest BCUT2D eigenvalue weighted by Crippen LogP contribution is -2.19. The Balaban J connectivity index is 1.96. The highest BCUT2D eigenvalue weighted by atomic mass is 16.5. The Bertz CT molecular complexity index is 729. The summed E-state index contributed by atoms with van der Waals surface area (Å²) in [6, 6.07) is 15.2. The van der Waals surface area contributed by atoms with E-state index >= 15 is 0 Å². The molecular formula is C21H25NO. The fourth-order valence-corrected chi connectivity index (χ4v) is 2.37. The first-order valence-electron chi connectivity index (χ1n) is 7.97. The van der Waals surface area contributed by atoms with Crippen LogP contribution < -0.4 is 5.32 Å². The van der Waals surface area contributed by atoms with Crippen molar-refractivity contribution >= 4 is 10.8 Å². The van der Waals surface area contributed by atoms with E-state index in [0.717, 1.165) is 6.54 Å². The molecule has 0 bridgehead atoms. The topological polar surface area (TPSA) is 21.3 Å². The molecule has 2 aromatic carbocycles. The molecule has 1 atom stereocenters. The van der Waals surface area contributed by atoms with Crippen molar-refractivity contribution in [1.29, 1.82) is 0 Å². The number of ether oxygens (including phenoxy) is 1. The van der Waals surface area contributed by atoms with Crippen LogP contribution in [0.15, 0.2) is 54.6 Å². The molecule has 0 aliphatic heterocycles. The Morgan fingerprint density at radius 1 is 1.17 bits per heavy atom. The van der Waals surface area contributed by atoms with Crippen molar-refractivity contribution in [2.75, 3.05) is 13.7 Å². The summed E-state index contributed by atoms with van der Waals surface area (Å²) in [6.07, 6.45) is 3.92. The van der Waals surface area contributed by atoms with Gasteiger partial charge in [0, 0.05) is 19.7 Å². The molecule has 0 unspecified atom stereocenters. The number of hydrogen-bond acceptors (Lipinski definition) is 2. The Morgan fingerprint density at radius 3 is 2.70 bits per heavy atom. The summed E-state index contributed by atoms with van der Waals surface area (Å²) in [5, 5.41) is 6.10. The molecule has 0 radical (unpaired) electrons. The van der Waals surface area contributed by atoms with Crippen molar-refractivity contribution < 1.29 is 4.74 Å². The number of allylic oxidation sites excluding steroid dienone is 1. The van der Waals surface area contributed by atoms with Gasteiger partial charge in [0.15, 0.2) is 0 Å². The van der Waals surface area contributed by atoms with E-state index in [1.807, 2.05) is 26.0 Å². The maximum atomic E-state index is 5.26. The second kappa shape index (κ2) is 7.97. The lowest BCUT2D eigenvalue weighted by Gasteiger charge is -2.15. The highest BCUT2D eigenvalue weighted by Crippen LogP contribution is 2.23. The minimum atomic E-state index is -0.395. The molecule has 0 heterocycles. The van der Waals surface area contributed by atoms with Crippen LogP contribution in [-0.2, 0) is 4.74 Å². The Hall–Kier alpha value is -2.08. The molecular weight excluding hydrogens is 282 g/mol. The van der Waals surface area contributed by atoms with E-state index in [4.69, 9.17) is 4.74 Å². The lowest BCUT2D eigenvalue weighted by atomic mass is 10.00. The van der Waals surface area contributed by atoms with Crippen molar-refractivity contribution in [3.63, 3.8) is 0 Å². The molecule has 1 N–H and O–H groups in total. The third kappa shape index (κ3) is 4.96. The van der Waals surface area contributed by atoms with Gasteiger partial charge in [-0.2, -0.15) is 0 Å². The van der Waals surface area contributed by atoms with Gasteiger partial charge in [0.05, 0.1) is 0 Å². The normalized spacial score (nSPS) is 13.0. The molecule has 0 saturated carbocycles. The number of benzene rings is 2. The van der Waals surface area contributed by atoms with Crippen LogP contribution in [0.1, 0.15) is 32.4 Å². The summed E-state index contributed by atoms with van der Waals surface area (Å²) < 4.78 is 5.26. The fourth-order valence-electron chi connectivity index (χ4n) is 2.37. The van der Waals surface area contributed by atoms with E-state index in [0.29, 0.717) is 0 Å². The zero-order chi connectivity index (χ0) is 16.7. The van der Waals surface area contributed by atoms with E-state index in [1.54, 1.807) is 7.11 Å². The first kappa shape index (κ1) is 17.3. The summed E-state index contributed by atoms with van der Waals surface area (Å²) in [6.45, 7) is 6.88. The molecule has 0 fully saturated rings. The standard InChI is InChI=1S/C21H25NO/c1-17(22-16-9-5-8-15-21(2,3)23-4)19-14-10-12-18-11-6-7-13-20(18)19/h5-7,9-14,17,22H,16H2,1-4H3/b9-5+/t17-/m1/s1. The monoisotopic (exact) mass is 307 g/mol. The number of fused-ring (bicyclic) bond motifs is 1. The maximum absolute atomic E-state index is 5.26. The zero-order valence-corrected chi connectivity index (χ0v) is 14.4. The number of rotatable bonds is 5. The van der Waals surface area contributed by atoms with Gasteiger partial charge in [-0.25, -0.2) is 0 Å². The summed E-state index contributed by atoms with van der Waals surface area (Å²) in [4.78, 5) is 0. The highest BCUT2D eigenvalue weighted by Gasteiger charge is 2.10. The molecule has 0 saturated heterocycles. The molecule has 0 aliphatic rings. The van der Waals surface area contributed by atoms with Crippen molar-refractivity contribution in [2.45, 2.75) is 32.4 Å². The summed E-state index contributed by atoms with van der Waals surface area (Å²) in [5.41, 5.74) is 0.927. The number of hydrogen-bond donors (Lipinski definition) is 1. The van der Waals surface area contributed by atoms with Crippen LogP contribution in [0.3, 0.4) is 0 Å². The molecule has 2 rings (SSSR count). The molecule has 0 spiro atoms. The minimum absolute atomic E-state index is 0.286. The summed E-state index contributed by atoms with van der Waals surface area (Å²) >= 11 is 0. The fraction of sp³-hybridized carbons (Fsp3) is 0.333. The van der Waals surface area contributed by atoms with Crippen molar-refractivity contribution in [1.82, 2.24) is 5.32 Å². The Morgan fingerprint density at radius 2 is 1.91 bits per heavy atom. The Labute approximate surface area is 139 Å². The molecule has 120 valence electrons. The molecule has 2 aromatic rings. The summed E-state index contributed by atoms with van der Waals surface area (Å²) in [5.74, 6) is 6.09. The van der Waals surface area contributed by atoms with Gasteiger partial charge in [-0.15, -0.1) is 0 Å². The van der Waals surface area contributed by atoms with Crippen LogP contribution in [-0.4, -0.2) is 19.3 Å². The van der Waals surface area contributed by atoms with E-state index in [1.165, 1.54) is 16.3 Å². The van der Waals surface area contributed by atoms with Crippen LogP contribution in [0.2, 0.25) is 0 Å². The Kier molecular flexibility index (Phi) is 5.98. The van der Waals surface area contributed by atoms with Gasteiger partial charge in [-0.05, 0) is 43.2 Å². The van der Waals surface area contributed by atoms with Crippen LogP contribution in [0.25, 0.3) is 10.8 Å². The van der Waals surface area contributed by atoms with Gasteiger partial charge in [-0.1, -0.05) is 60.4 Å². The third-order valence-electron chi connectivity index (χ3n) is 3.92. The van der Waals surface area contributed by atoms with Crippen molar-refractivity contribution in [3.8, 4) is 11.8 Å². The van der Waals surface area contributed by atoms with E-state index in [9.17, 15) is 0 Å². The van der Waals surface area contributed by atoms with Gasteiger partial charge in [0.2, 0.25) is 0 Å². The minimum Gasteiger partial charge on any atom is -0.366 e. The molecule has 2 nitrogen and oxygen atoms in total. The van der Waals surface area contributed by atoms with Gasteiger partial charge in [0.25, 0.3) is 0 Å². The average Bonchev–Trinajstić information content (AvgIpc) is 2.57. The number of methoxy groups -OCH3 is 1. The van der Waals surface area contributed by atoms with Crippen molar-refractivity contribution in [3.05, 3.63) is 60.2 Å². The first-order valence-corrected chi connectivity index (χ1v) is 7.97. The van der Waals surface area contributed by atoms with E-state index in [2.05, 4.69) is 66.5 Å². The van der Waals surface area contributed by atoms with Gasteiger partial charge < -0.3 is 10.1 Å². The van der Waals surface area contributed by atoms with Crippen LogP contribution in [0, 0.1) is 11.8 Å². The molecule has 0 aromatic heterocycles. The van der Waals surface area contributed by atoms with E-state index in [-0.39, 0.29) is 6.04 Å². The smallest absolute Gasteiger partial charge is 0.123 e. The van der Waals surface area contributed by atoms with Gasteiger partial charge in [0.1, 0.15) is 5.60 Å². The quantitative estimate of drug-likeness (QED) is 0.823. The van der Waals surface area contributed by atoms with Gasteiger partial charge >= 0.3 is 0 Å². The SMILES string of the molecule is COC(C)(C)C#C/C=C/CN[C@H](C)c1cccc2ccccc12. The van der Waals surface area contributed by atoms with E-state index < -0.39 is 5.60 Å².